The average Bonchev–Trinajstić information content (AvgIpc) is 2.61. The fraction of sp³-hybridized carbons (Fsp3) is 0.600. The number of rotatable bonds is 1. The maximum Gasteiger partial charge on any atom is 0.403 e. The zero-order valence-corrected chi connectivity index (χ0v) is 8.46. The number of halogens is 3. The smallest absolute Gasteiger partial charge is 0.349 e. The Kier molecular flexibility index (Phi) is 2.50. The van der Waals surface area contributed by atoms with Crippen molar-refractivity contribution in [3.05, 3.63) is 24.0 Å². The molecule has 0 fully saturated rings. The molecule has 0 radical (unpaired) electrons. The third-order valence-electron chi connectivity index (χ3n) is 2.94. The summed E-state index contributed by atoms with van der Waals surface area (Å²) in [5.74, 6) is 0. The molecule has 0 saturated carbocycles. The minimum atomic E-state index is -4.13. The molecule has 5 heteroatoms. The van der Waals surface area contributed by atoms with Gasteiger partial charge in [0.2, 0.25) is 0 Å². The molecule has 0 N–H and O–H groups in total. The monoisotopic (exact) mass is 218 g/mol. The Hall–Kier alpha value is -0.970. The Labute approximate surface area is 86.3 Å². The molecule has 2 rings (SSSR count). The molecule has 1 aromatic heterocycles. The maximum absolute atomic E-state index is 12.5. The molecule has 0 aromatic carbocycles. The molecule has 15 heavy (non-hydrogen) atoms. The van der Waals surface area contributed by atoms with Gasteiger partial charge in [-0.2, -0.15) is 13.2 Å². The molecule has 0 aliphatic carbocycles. The molecule has 0 unspecified atom stereocenters. The molecule has 0 saturated heterocycles. The van der Waals surface area contributed by atoms with Gasteiger partial charge in [0.1, 0.15) is 6.04 Å². The van der Waals surface area contributed by atoms with Crippen molar-refractivity contribution in [1.82, 2.24) is 9.47 Å². The van der Waals surface area contributed by atoms with E-state index in [2.05, 4.69) is 0 Å². The van der Waals surface area contributed by atoms with Crippen LogP contribution in [0.3, 0.4) is 0 Å². The zero-order chi connectivity index (χ0) is 11.1. The standard InChI is InChI=1S/C10H13F3N2/c1-8(10(11,12)13)15-6-5-14-4-2-3-9(14)7-15/h2-4,8H,5-7H2,1H3/t8-/m0/s1. The van der Waals surface area contributed by atoms with Crippen molar-refractivity contribution in [1.29, 1.82) is 0 Å². The second-order valence-electron chi connectivity index (χ2n) is 3.88. The van der Waals surface area contributed by atoms with Crippen LogP contribution in [0.25, 0.3) is 0 Å². The first kappa shape index (κ1) is 10.5. The zero-order valence-electron chi connectivity index (χ0n) is 8.46. The SMILES string of the molecule is C[C@H](N1CCn2cccc2C1)C(F)(F)F. The van der Waals surface area contributed by atoms with Crippen molar-refractivity contribution in [3.8, 4) is 0 Å². The second kappa shape index (κ2) is 3.56. The molecule has 1 aliphatic heterocycles. The van der Waals surface area contributed by atoms with Crippen LogP contribution in [0.4, 0.5) is 13.2 Å². The van der Waals surface area contributed by atoms with Crippen molar-refractivity contribution in [3.63, 3.8) is 0 Å². The molecule has 2 heterocycles. The molecule has 84 valence electrons. The summed E-state index contributed by atoms with van der Waals surface area (Å²) in [6, 6.07) is 2.38. The lowest BCUT2D eigenvalue weighted by atomic mass is 10.2. The van der Waals surface area contributed by atoms with Crippen LogP contribution >= 0.6 is 0 Å². The van der Waals surface area contributed by atoms with Crippen LogP contribution in [0.1, 0.15) is 12.6 Å². The summed E-state index contributed by atoms with van der Waals surface area (Å²) in [6.07, 6.45) is -2.22. The van der Waals surface area contributed by atoms with Crippen molar-refractivity contribution < 1.29 is 13.2 Å². The largest absolute Gasteiger partial charge is 0.403 e. The fourth-order valence-corrected chi connectivity index (χ4v) is 1.87. The molecule has 1 aliphatic rings. The van der Waals surface area contributed by atoms with E-state index in [4.69, 9.17) is 0 Å². The van der Waals surface area contributed by atoms with Crippen LogP contribution in [0, 0.1) is 0 Å². The lowest BCUT2D eigenvalue weighted by Crippen LogP contribution is -2.46. The highest BCUT2D eigenvalue weighted by Crippen LogP contribution is 2.27. The van der Waals surface area contributed by atoms with Crippen molar-refractivity contribution in [2.45, 2.75) is 32.2 Å². The van der Waals surface area contributed by atoms with Gasteiger partial charge in [-0.1, -0.05) is 0 Å². The van der Waals surface area contributed by atoms with Gasteiger partial charge in [0.25, 0.3) is 0 Å². The molecule has 0 bridgehead atoms. The minimum absolute atomic E-state index is 0.383. The third kappa shape index (κ3) is 2.02. The molecule has 1 aromatic rings. The lowest BCUT2D eigenvalue weighted by Gasteiger charge is -2.34. The Morgan fingerprint density at radius 2 is 2.07 bits per heavy atom. The topological polar surface area (TPSA) is 8.17 Å². The summed E-state index contributed by atoms with van der Waals surface area (Å²) >= 11 is 0. The first-order valence-corrected chi connectivity index (χ1v) is 4.93. The van der Waals surface area contributed by atoms with Crippen LogP contribution in [-0.2, 0) is 13.1 Å². The van der Waals surface area contributed by atoms with Crippen LogP contribution < -0.4 is 0 Å². The molecule has 1 atom stereocenters. The van der Waals surface area contributed by atoms with E-state index < -0.39 is 12.2 Å². The first-order valence-electron chi connectivity index (χ1n) is 4.93. The maximum atomic E-state index is 12.5. The van der Waals surface area contributed by atoms with E-state index >= 15 is 0 Å². The third-order valence-corrected chi connectivity index (χ3v) is 2.94. The molecule has 0 spiro atoms. The Bertz CT molecular complexity index is 343. The van der Waals surface area contributed by atoms with Gasteiger partial charge in [-0.3, -0.25) is 4.90 Å². The predicted octanol–water partition coefficient (Wildman–Crippen LogP) is 2.25. The fourth-order valence-electron chi connectivity index (χ4n) is 1.87. The number of fused-ring (bicyclic) bond motifs is 1. The number of alkyl halides is 3. The molecular weight excluding hydrogens is 205 g/mol. The van der Waals surface area contributed by atoms with Crippen molar-refractivity contribution in [2.75, 3.05) is 6.54 Å². The number of hydrogen-bond donors (Lipinski definition) is 0. The lowest BCUT2D eigenvalue weighted by molar-refractivity contribution is -0.182. The van der Waals surface area contributed by atoms with Crippen molar-refractivity contribution in [2.24, 2.45) is 0 Å². The van der Waals surface area contributed by atoms with Gasteiger partial charge in [0.15, 0.2) is 0 Å². The minimum Gasteiger partial charge on any atom is -0.349 e. The summed E-state index contributed by atoms with van der Waals surface area (Å²) in [4.78, 5) is 1.47. The predicted molar refractivity (Wildman–Crippen MR) is 50.4 cm³/mol. The summed E-state index contributed by atoms with van der Waals surface area (Å²) in [5.41, 5.74) is 0.956. The Morgan fingerprint density at radius 1 is 1.33 bits per heavy atom. The summed E-state index contributed by atoms with van der Waals surface area (Å²) in [7, 11) is 0. The van der Waals surface area contributed by atoms with Crippen molar-refractivity contribution >= 4 is 0 Å². The number of hydrogen-bond acceptors (Lipinski definition) is 1. The molecule has 2 nitrogen and oxygen atoms in total. The van der Waals surface area contributed by atoms with Crippen LogP contribution in [-0.4, -0.2) is 28.2 Å². The van der Waals surface area contributed by atoms with Gasteiger partial charge in [-0.05, 0) is 19.1 Å². The normalized spacial score (nSPS) is 20.0. The van der Waals surface area contributed by atoms with Gasteiger partial charge in [0.05, 0.1) is 0 Å². The summed E-state index contributed by atoms with van der Waals surface area (Å²) in [6.45, 7) is 2.71. The first-order chi connectivity index (χ1) is 6.98. The summed E-state index contributed by atoms with van der Waals surface area (Å²) in [5, 5.41) is 0. The average molecular weight is 218 g/mol. The second-order valence-corrected chi connectivity index (χ2v) is 3.88. The van der Waals surface area contributed by atoms with Gasteiger partial charge in [0, 0.05) is 31.5 Å². The molecular formula is C10H13F3N2. The molecule has 0 amide bonds. The van der Waals surface area contributed by atoms with E-state index in [1.807, 2.05) is 22.9 Å². The van der Waals surface area contributed by atoms with Crippen LogP contribution in [0.15, 0.2) is 18.3 Å². The summed E-state index contributed by atoms with van der Waals surface area (Å²) < 4.78 is 39.5. The van der Waals surface area contributed by atoms with Crippen LogP contribution in [0.5, 0.6) is 0 Å². The number of aromatic nitrogens is 1. The van der Waals surface area contributed by atoms with Gasteiger partial charge in [-0.15, -0.1) is 0 Å². The van der Waals surface area contributed by atoms with Gasteiger partial charge < -0.3 is 4.57 Å². The number of nitrogens with zero attached hydrogens (tertiary/aromatic N) is 2. The van der Waals surface area contributed by atoms with Crippen LogP contribution in [0.2, 0.25) is 0 Å². The van der Waals surface area contributed by atoms with Gasteiger partial charge >= 0.3 is 6.18 Å². The van der Waals surface area contributed by atoms with E-state index in [0.717, 1.165) is 5.69 Å². The quantitative estimate of drug-likeness (QED) is 0.702. The highest BCUT2D eigenvalue weighted by atomic mass is 19.4. The van der Waals surface area contributed by atoms with E-state index in [1.54, 1.807) is 0 Å². The van der Waals surface area contributed by atoms with E-state index in [9.17, 15) is 13.2 Å². The Balaban J connectivity index is 2.10. The highest BCUT2D eigenvalue weighted by molar-refractivity contribution is 5.09. The van der Waals surface area contributed by atoms with E-state index in [0.29, 0.717) is 19.6 Å². The Morgan fingerprint density at radius 3 is 2.73 bits per heavy atom. The van der Waals surface area contributed by atoms with Gasteiger partial charge in [-0.25, -0.2) is 0 Å². The van der Waals surface area contributed by atoms with E-state index in [-0.39, 0.29) is 0 Å². The van der Waals surface area contributed by atoms with E-state index in [1.165, 1.54) is 11.8 Å². The highest BCUT2D eigenvalue weighted by Gasteiger charge is 2.40.